The second-order valence-electron chi connectivity index (χ2n) is 7.23. The zero-order valence-corrected chi connectivity index (χ0v) is 16.1. The number of ether oxygens (including phenoxy) is 1. The van der Waals surface area contributed by atoms with Crippen LogP contribution in [0.4, 0.5) is 11.4 Å². The summed E-state index contributed by atoms with van der Waals surface area (Å²) in [4.78, 5) is 60.8. The van der Waals surface area contributed by atoms with Crippen molar-refractivity contribution in [2.75, 3.05) is 23.8 Å². The Balaban J connectivity index is 1.48. The van der Waals surface area contributed by atoms with E-state index < -0.39 is 25.0 Å². The van der Waals surface area contributed by atoms with E-state index in [1.165, 1.54) is 6.92 Å². The van der Waals surface area contributed by atoms with Crippen LogP contribution in [0.15, 0.2) is 24.3 Å². The first-order valence-electron chi connectivity index (χ1n) is 9.53. The molecule has 1 heterocycles. The van der Waals surface area contributed by atoms with E-state index in [4.69, 9.17) is 4.74 Å². The lowest BCUT2D eigenvalue weighted by Crippen LogP contribution is -2.37. The molecular formula is C20H23N3O6. The van der Waals surface area contributed by atoms with Crippen LogP contribution in [0.3, 0.4) is 0 Å². The van der Waals surface area contributed by atoms with Crippen LogP contribution in [-0.2, 0) is 28.7 Å². The largest absolute Gasteiger partial charge is 0.454 e. The highest BCUT2D eigenvalue weighted by Gasteiger charge is 2.48. The summed E-state index contributed by atoms with van der Waals surface area (Å²) in [7, 11) is 0. The number of nitrogens with zero attached hydrogens (tertiary/aromatic N) is 1. The molecule has 0 radical (unpaired) electrons. The molecule has 9 nitrogen and oxygen atoms in total. The minimum Gasteiger partial charge on any atom is -0.454 e. The van der Waals surface area contributed by atoms with Gasteiger partial charge in [0.25, 0.3) is 5.91 Å². The second-order valence-corrected chi connectivity index (χ2v) is 7.23. The third kappa shape index (κ3) is 4.98. The van der Waals surface area contributed by atoms with Gasteiger partial charge in [0.1, 0.15) is 6.54 Å². The van der Waals surface area contributed by atoms with Crippen LogP contribution in [0.25, 0.3) is 0 Å². The quantitative estimate of drug-likeness (QED) is 0.547. The number of esters is 1. The Morgan fingerprint density at radius 3 is 2.21 bits per heavy atom. The van der Waals surface area contributed by atoms with Crippen molar-refractivity contribution in [3.63, 3.8) is 0 Å². The maximum atomic E-state index is 12.4. The summed E-state index contributed by atoms with van der Waals surface area (Å²) in [6.07, 6.45) is 3.14. The van der Waals surface area contributed by atoms with Crippen LogP contribution < -0.4 is 10.6 Å². The summed E-state index contributed by atoms with van der Waals surface area (Å²) in [5.41, 5.74) is 0.936. The van der Waals surface area contributed by atoms with Gasteiger partial charge in [-0.25, -0.2) is 0 Å². The molecule has 2 fully saturated rings. The van der Waals surface area contributed by atoms with Gasteiger partial charge in [-0.15, -0.1) is 0 Å². The fourth-order valence-corrected chi connectivity index (χ4v) is 3.78. The molecular weight excluding hydrogens is 378 g/mol. The number of benzene rings is 1. The van der Waals surface area contributed by atoms with Gasteiger partial charge in [-0.05, 0) is 31.0 Å². The third-order valence-corrected chi connectivity index (χ3v) is 5.05. The molecule has 2 atom stereocenters. The second kappa shape index (κ2) is 8.85. The van der Waals surface area contributed by atoms with Gasteiger partial charge in [0, 0.05) is 18.3 Å². The summed E-state index contributed by atoms with van der Waals surface area (Å²) < 4.78 is 4.92. The Kier molecular flexibility index (Phi) is 6.26. The van der Waals surface area contributed by atoms with Gasteiger partial charge in [0.2, 0.25) is 17.7 Å². The number of carbonyl (C=O) groups excluding carboxylic acids is 5. The molecule has 1 saturated carbocycles. The van der Waals surface area contributed by atoms with E-state index in [-0.39, 0.29) is 29.6 Å². The Hall–Kier alpha value is -3.23. The van der Waals surface area contributed by atoms with Crippen molar-refractivity contribution < 1.29 is 28.7 Å². The van der Waals surface area contributed by atoms with Gasteiger partial charge in [-0.1, -0.05) is 18.9 Å². The first-order chi connectivity index (χ1) is 13.8. The van der Waals surface area contributed by atoms with E-state index in [2.05, 4.69) is 10.6 Å². The summed E-state index contributed by atoms with van der Waals surface area (Å²) in [5, 5.41) is 5.14. The number of anilines is 2. The van der Waals surface area contributed by atoms with Crippen molar-refractivity contribution in [3.8, 4) is 0 Å². The van der Waals surface area contributed by atoms with Crippen LogP contribution >= 0.6 is 0 Å². The van der Waals surface area contributed by atoms with Gasteiger partial charge < -0.3 is 15.4 Å². The number of rotatable bonds is 6. The van der Waals surface area contributed by atoms with Crippen molar-refractivity contribution in [1.29, 1.82) is 0 Å². The molecule has 2 N–H and O–H groups in total. The van der Waals surface area contributed by atoms with Crippen LogP contribution in [0, 0.1) is 11.8 Å². The molecule has 154 valence electrons. The molecule has 4 amide bonds. The minimum absolute atomic E-state index is 0.242. The summed E-state index contributed by atoms with van der Waals surface area (Å²) in [6, 6.07) is 6.49. The minimum atomic E-state index is -0.813. The maximum absolute atomic E-state index is 12.4. The van der Waals surface area contributed by atoms with E-state index in [0.29, 0.717) is 24.2 Å². The molecule has 1 aromatic carbocycles. The highest BCUT2D eigenvalue weighted by Crippen LogP contribution is 2.37. The molecule has 9 heteroatoms. The molecule has 1 aromatic rings. The summed E-state index contributed by atoms with van der Waals surface area (Å²) in [6.45, 7) is 0.345. The molecule has 1 aliphatic heterocycles. The number of nitrogens with one attached hydrogen (secondary N) is 2. The SMILES string of the molecule is CC(=O)Nc1cccc(NC(=O)COC(=O)CN2C(=O)[C@H]3CCCC[C@@H]3C2=O)c1. The average Bonchev–Trinajstić information content (AvgIpc) is 2.91. The van der Waals surface area contributed by atoms with Crippen LogP contribution in [0.2, 0.25) is 0 Å². The number of hydrogen-bond donors (Lipinski definition) is 2. The van der Waals surface area contributed by atoms with Crippen molar-refractivity contribution in [3.05, 3.63) is 24.3 Å². The molecule has 2 aliphatic rings. The van der Waals surface area contributed by atoms with E-state index in [1.54, 1.807) is 24.3 Å². The lowest BCUT2D eigenvalue weighted by atomic mass is 9.81. The van der Waals surface area contributed by atoms with Crippen LogP contribution in [0.1, 0.15) is 32.6 Å². The van der Waals surface area contributed by atoms with Gasteiger partial charge in [0.05, 0.1) is 11.8 Å². The van der Waals surface area contributed by atoms with Crippen molar-refractivity contribution in [2.24, 2.45) is 11.8 Å². The Morgan fingerprint density at radius 2 is 1.62 bits per heavy atom. The first-order valence-corrected chi connectivity index (χ1v) is 9.53. The fraction of sp³-hybridized carbons (Fsp3) is 0.450. The summed E-state index contributed by atoms with van der Waals surface area (Å²) >= 11 is 0. The van der Waals surface area contributed by atoms with Gasteiger partial charge in [-0.2, -0.15) is 0 Å². The zero-order valence-electron chi connectivity index (χ0n) is 16.1. The monoisotopic (exact) mass is 401 g/mol. The zero-order chi connectivity index (χ0) is 21.0. The molecule has 0 unspecified atom stereocenters. The normalized spacial score (nSPS) is 20.8. The number of likely N-dealkylation sites (tertiary alicyclic amines) is 1. The standard InChI is InChI=1S/C20H23N3O6/c1-12(24)21-13-5-4-6-14(9-13)22-17(25)11-29-18(26)10-23-19(27)15-7-2-3-8-16(15)20(23)28/h4-6,9,15-16H,2-3,7-8,10-11H2,1H3,(H,21,24)(H,22,25)/t15-,16-/m0/s1. The Morgan fingerprint density at radius 1 is 1.03 bits per heavy atom. The number of hydrogen-bond acceptors (Lipinski definition) is 6. The predicted octanol–water partition coefficient (Wildman–Crippen LogP) is 1.30. The predicted molar refractivity (Wildman–Crippen MR) is 103 cm³/mol. The van der Waals surface area contributed by atoms with E-state index in [0.717, 1.165) is 17.7 Å². The van der Waals surface area contributed by atoms with Gasteiger partial charge in [-0.3, -0.25) is 28.9 Å². The molecule has 29 heavy (non-hydrogen) atoms. The molecule has 0 bridgehead atoms. The summed E-state index contributed by atoms with van der Waals surface area (Å²) in [5.74, 6) is -2.94. The third-order valence-electron chi connectivity index (χ3n) is 5.05. The van der Waals surface area contributed by atoms with Gasteiger partial charge in [0.15, 0.2) is 6.61 Å². The lowest BCUT2D eigenvalue weighted by Gasteiger charge is -2.19. The van der Waals surface area contributed by atoms with Crippen molar-refractivity contribution in [2.45, 2.75) is 32.6 Å². The Bertz CT molecular complexity index is 828. The number of imide groups is 1. The van der Waals surface area contributed by atoms with E-state index >= 15 is 0 Å². The number of carbonyl (C=O) groups is 5. The van der Waals surface area contributed by atoms with Crippen LogP contribution in [-0.4, -0.2) is 47.6 Å². The van der Waals surface area contributed by atoms with E-state index in [1.807, 2.05) is 0 Å². The Labute approximate surface area is 167 Å². The first kappa shape index (κ1) is 20.5. The van der Waals surface area contributed by atoms with E-state index in [9.17, 15) is 24.0 Å². The smallest absolute Gasteiger partial charge is 0.326 e. The topological polar surface area (TPSA) is 122 Å². The molecule has 1 aliphatic carbocycles. The maximum Gasteiger partial charge on any atom is 0.326 e. The molecule has 3 rings (SSSR count). The highest BCUT2D eigenvalue weighted by atomic mass is 16.5. The van der Waals surface area contributed by atoms with Crippen molar-refractivity contribution in [1.82, 2.24) is 4.90 Å². The fourth-order valence-electron chi connectivity index (χ4n) is 3.78. The van der Waals surface area contributed by atoms with Crippen molar-refractivity contribution >= 4 is 41.0 Å². The molecule has 0 spiro atoms. The number of amides is 4. The average molecular weight is 401 g/mol. The molecule has 0 aromatic heterocycles. The van der Waals surface area contributed by atoms with Gasteiger partial charge >= 0.3 is 5.97 Å². The lowest BCUT2D eigenvalue weighted by molar-refractivity contribution is -0.154. The highest BCUT2D eigenvalue weighted by molar-refractivity contribution is 6.07. The molecule has 1 saturated heterocycles. The number of fused-ring (bicyclic) bond motifs is 1. The van der Waals surface area contributed by atoms with Crippen LogP contribution in [0.5, 0.6) is 0 Å².